The van der Waals surface area contributed by atoms with Gasteiger partial charge in [-0.1, -0.05) is 38.5 Å². The van der Waals surface area contributed by atoms with E-state index < -0.39 is 5.97 Å². The Hall–Kier alpha value is -0.650. The van der Waals surface area contributed by atoms with Crippen LogP contribution in [0.1, 0.15) is 70.6 Å². The van der Waals surface area contributed by atoms with Crippen molar-refractivity contribution in [3.8, 4) is 0 Å². The van der Waals surface area contributed by atoms with Gasteiger partial charge in [0.15, 0.2) is 0 Å². The van der Waals surface area contributed by atoms with Gasteiger partial charge in [0.25, 0.3) is 0 Å². The van der Waals surface area contributed by atoms with E-state index in [1.54, 1.807) is 0 Å². The predicted molar refractivity (Wildman–Crippen MR) is 88.3 cm³/mol. The largest absolute Gasteiger partial charge is 0.481 e. The lowest BCUT2D eigenvalue weighted by Crippen LogP contribution is -2.25. The summed E-state index contributed by atoms with van der Waals surface area (Å²) in [6, 6.07) is -0.205. The number of hydrogen-bond acceptors (Lipinski definition) is 4. The molecule has 0 aliphatic carbocycles. The number of carbonyl (C=O) groups is 1. The van der Waals surface area contributed by atoms with E-state index in [9.17, 15) is 4.79 Å². The lowest BCUT2D eigenvalue weighted by Gasteiger charge is -2.09. The first-order valence-corrected chi connectivity index (χ1v) is 8.55. The molecule has 0 saturated heterocycles. The highest BCUT2D eigenvalue weighted by atomic mass is 16.4. The highest BCUT2D eigenvalue weighted by molar-refractivity contribution is 5.67. The standard InChI is InChI=1S/C16H35N3O2/c17-11-7-5-3-1-2-4-6-8-12-19-13-9-10-15(18)14-16(20)21/h15,19H,1-14,17-18H2,(H,20,21). The number of carboxylic acid groups (broad SMARTS) is 1. The van der Waals surface area contributed by atoms with E-state index in [0.29, 0.717) is 0 Å². The van der Waals surface area contributed by atoms with Gasteiger partial charge < -0.3 is 21.9 Å². The van der Waals surface area contributed by atoms with Crippen LogP contribution in [0.5, 0.6) is 0 Å². The molecule has 1 unspecified atom stereocenters. The molecule has 5 heteroatoms. The number of unbranched alkanes of at least 4 members (excludes halogenated alkanes) is 7. The number of aliphatic carboxylic acids is 1. The normalized spacial score (nSPS) is 12.5. The molecule has 1 atom stereocenters. The van der Waals surface area contributed by atoms with E-state index in [0.717, 1.165) is 32.5 Å². The summed E-state index contributed by atoms with van der Waals surface area (Å²) in [4.78, 5) is 10.4. The highest BCUT2D eigenvalue weighted by Gasteiger charge is 2.06. The second-order valence-corrected chi connectivity index (χ2v) is 5.87. The molecule has 5 nitrogen and oxygen atoms in total. The first kappa shape index (κ1) is 20.3. The number of hydrogen-bond donors (Lipinski definition) is 4. The Morgan fingerprint density at radius 3 is 2.00 bits per heavy atom. The Bertz CT molecular complexity index is 238. The average Bonchev–Trinajstić information content (AvgIpc) is 2.43. The number of nitrogens with one attached hydrogen (secondary N) is 1. The zero-order valence-electron chi connectivity index (χ0n) is 13.5. The fourth-order valence-electron chi connectivity index (χ4n) is 2.40. The van der Waals surface area contributed by atoms with Crippen molar-refractivity contribution in [1.29, 1.82) is 0 Å². The van der Waals surface area contributed by atoms with Crippen LogP contribution in [0.15, 0.2) is 0 Å². The van der Waals surface area contributed by atoms with Gasteiger partial charge in [-0.05, 0) is 45.3 Å². The maximum atomic E-state index is 10.4. The first-order chi connectivity index (χ1) is 10.2. The van der Waals surface area contributed by atoms with Crippen LogP contribution in [0.4, 0.5) is 0 Å². The van der Waals surface area contributed by atoms with Gasteiger partial charge in [-0.15, -0.1) is 0 Å². The van der Waals surface area contributed by atoms with E-state index in [-0.39, 0.29) is 12.5 Å². The summed E-state index contributed by atoms with van der Waals surface area (Å²) < 4.78 is 0. The average molecular weight is 301 g/mol. The van der Waals surface area contributed by atoms with Crippen molar-refractivity contribution in [2.24, 2.45) is 11.5 Å². The number of nitrogens with two attached hydrogens (primary N) is 2. The molecule has 0 saturated carbocycles. The van der Waals surface area contributed by atoms with Gasteiger partial charge in [-0.2, -0.15) is 0 Å². The summed E-state index contributed by atoms with van der Waals surface area (Å²) in [6.07, 6.45) is 12.1. The Kier molecular flexibility index (Phi) is 15.2. The van der Waals surface area contributed by atoms with E-state index >= 15 is 0 Å². The van der Waals surface area contributed by atoms with E-state index in [2.05, 4.69) is 5.32 Å². The second-order valence-electron chi connectivity index (χ2n) is 5.87. The zero-order chi connectivity index (χ0) is 15.8. The fourth-order valence-corrected chi connectivity index (χ4v) is 2.40. The Morgan fingerprint density at radius 2 is 1.43 bits per heavy atom. The van der Waals surface area contributed by atoms with Crippen LogP contribution in [0, 0.1) is 0 Å². The van der Waals surface area contributed by atoms with Gasteiger partial charge in [0.1, 0.15) is 0 Å². The molecule has 0 amide bonds. The summed E-state index contributed by atoms with van der Waals surface area (Å²) in [5.74, 6) is -0.807. The third kappa shape index (κ3) is 17.3. The topological polar surface area (TPSA) is 101 Å². The lowest BCUT2D eigenvalue weighted by atomic mass is 10.1. The van der Waals surface area contributed by atoms with E-state index in [4.69, 9.17) is 16.6 Å². The molecule has 0 heterocycles. The Balaban J connectivity index is 3.07. The van der Waals surface area contributed by atoms with Gasteiger partial charge in [0.05, 0.1) is 6.42 Å². The Labute approximate surface area is 129 Å². The minimum Gasteiger partial charge on any atom is -0.481 e. The van der Waals surface area contributed by atoms with Crippen molar-refractivity contribution in [2.45, 2.75) is 76.7 Å². The van der Waals surface area contributed by atoms with Crippen LogP contribution in [0.25, 0.3) is 0 Å². The molecule has 0 radical (unpaired) electrons. The molecule has 0 aliphatic rings. The van der Waals surface area contributed by atoms with Crippen LogP contribution in [0.2, 0.25) is 0 Å². The predicted octanol–water partition coefficient (Wildman–Crippen LogP) is 2.24. The van der Waals surface area contributed by atoms with Crippen molar-refractivity contribution in [3.63, 3.8) is 0 Å². The molecule has 0 aromatic heterocycles. The molecule has 0 aromatic carbocycles. The van der Waals surface area contributed by atoms with Crippen molar-refractivity contribution in [3.05, 3.63) is 0 Å². The first-order valence-electron chi connectivity index (χ1n) is 8.55. The second kappa shape index (κ2) is 15.7. The zero-order valence-corrected chi connectivity index (χ0v) is 13.5. The van der Waals surface area contributed by atoms with E-state index in [1.807, 2.05) is 0 Å². The van der Waals surface area contributed by atoms with Crippen LogP contribution < -0.4 is 16.8 Å². The minimum absolute atomic E-state index is 0.0747. The molecule has 0 aliphatic heterocycles. The van der Waals surface area contributed by atoms with Crippen LogP contribution in [-0.4, -0.2) is 36.8 Å². The maximum absolute atomic E-state index is 10.4. The molecule has 6 N–H and O–H groups in total. The summed E-state index contributed by atoms with van der Waals surface area (Å²) in [7, 11) is 0. The maximum Gasteiger partial charge on any atom is 0.304 e. The molecule has 0 fully saturated rings. The van der Waals surface area contributed by atoms with Crippen molar-refractivity contribution in [2.75, 3.05) is 19.6 Å². The minimum atomic E-state index is -0.807. The van der Waals surface area contributed by atoms with Gasteiger partial charge in [-0.25, -0.2) is 0 Å². The molecule has 0 aromatic rings. The van der Waals surface area contributed by atoms with Crippen molar-refractivity contribution in [1.82, 2.24) is 5.32 Å². The van der Waals surface area contributed by atoms with Crippen LogP contribution >= 0.6 is 0 Å². The fraction of sp³-hybridized carbons (Fsp3) is 0.938. The summed E-state index contributed by atoms with van der Waals surface area (Å²) in [5, 5.41) is 12.0. The molecule has 0 spiro atoms. The molecule has 0 bridgehead atoms. The van der Waals surface area contributed by atoms with Gasteiger partial charge in [0, 0.05) is 6.04 Å². The third-order valence-electron chi connectivity index (χ3n) is 3.67. The molecule has 126 valence electrons. The SMILES string of the molecule is NCCCCCCCCCCNCCCC(N)CC(=O)O. The van der Waals surface area contributed by atoms with Gasteiger partial charge in [-0.3, -0.25) is 4.79 Å². The monoisotopic (exact) mass is 301 g/mol. The molecule has 0 rings (SSSR count). The summed E-state index contributed by atoms with van der Waals surface area (Å²) >= 11 is 0. The number of carboxylic acids is 1. The summed E-state index contributed by atoms with van der Waals surface area (Å²) in [6.45, 7) is 2.82. The molecular formula is C16H35N3O2. The molecule has 21 heavy (non-hydrogen) atoms. The van der Waals surface area contributed by atoms with Gasteiger partial charge in [0.2, 0.25) is 0 Å². The quantitative estimate of drug-likeness (QED) is 0.327. The Morgan fingerprint density at radius 1 is 0.905 bits per heavy atom. The highest BCUT2D eigenvalue weighted by Crippen LogP contribution is 2.07. The van der Waals surface area contributed by atoms with Crippen molar-refractivity contribution < 1.29 is 9.90 Å². The van der Waals surface area contributed by atoms with Crippen LogP contribution in [-0.2, 0) is 4.79 Å². The summed E-state index contributed by atoms with van der Waals surface area (Å²) in [5.41, 5.74) is 11.2. The molecular weight excluding hydrogens is 266 g/mol. The van der Waals surface area contributed by atoms with Crippen LogP contribution in [0.3, 0.4) is 0 Å². The van der Waals surface area contributed by atoms with Crippen molar-refractivity contribution >= 4 is 5.97 Å². The smallest absolute Gasteiger partial charge is 0.304 e. The third-order valence-corrected chi connectivity index (χ3v) is 3.67. The number of rotatable bonds is 16. The van der Waals surface area contributed by atoms with E-state index in [1.165, 1.54) is 51.4 Å². The lowest BCUT2D eigenvalue weighted by molar-refractivity contribution is -0.137. The van der Waals surface area contributed by atoms with Gasteiger partial charge >= 0.3 is 5.97 Å².